The van der Waals surface area contributed by atoms with Gasteiger partial charge >= 0.3 is 5.97 Å². The molecule has 130 valence electrons. The zero-order chi connectivity index (χ0) is 16.5. The SMILES string of the molecule is CCCCCCCCC=CCCCCCCC(CO)C(=O)O. The molecular weight excluding hydrogens is 276 g/mol. The molecule has 2 N–H and O–H groups in total. The van der Waals surface area contributed by atoms with E-state index in [0.717, 1.165) is 25.7 Å². The summed E-state index contributed by atoms with van der Waals surface area (Å²) in [5.74, 6) is -1.45. The fourth-order valence-electron chi connectivity index (χ4n) is 2.58. The van der Waals surface area contributed by atoms with Gasteiger partial charge in [-0.15, -0.1) is 0 Å². The van der Waals surface area contributed by atoms with Crippen LogP contribution in [0.5, 0.6) is 0 Å². The van der Waals surface area contributed by atoms with Crippen LogP contribution in [0.4, 0.5) is 0 Å². The van der Waals surface area contributed by atoms with Gasteiger partial charge in [0.25, 0.3) is 0 Å². The molecule has 0 saturated carbocycles. The molecule has 1 atom stereocenters. The van der Waals surface area contributed by atoms with Crippen LogP contribution in [0.2, 0.25) is 0 Å². The van der Waals surface area contributed by atoms with Crippen LogP contribution in [-0.4, -0.2) is 22.8 Å². The third kappa shape index (κ3) is 14.1. The van der Waals surface area contributed by atoms with Gasteiger partial charge in [-0.05, 0) is 32.1 Å². The molecule has 0 aromatic carbocycles. The summed E-state index contributed by atoms with van der Waals surface area (Å²) in [6.45, 7) is 2.01. The molecule has 3 nitrogen and oxygen atoms in total. The Morgan fingerprint density at radius 2 is 1.36 bits per heavy atom. The summed E-state index contributed by atoms with van der Waals surface area (Å²) in [7, 11) is 0. The first-order valence-corrected chi connectivity index (χ1v) is 9.21. The maximum Gasteiger partial charge on any atom is 0.308 e. The number of aliphatic carboxylic acids is 1. The Balaban J connectivity index is 3.25. The molecule has 0 aliphatic rings. The van der Waals surface area contributed by atoms with Gasteiger partial charge in [0.15, 0.2) is 0 Å². The lowest BCUT2D eigenvalue weighted by Gasteiger charge is -2.07. The molecule has 0 heterocycles. The number of rotatable bonds is 16. The Morgan fingerprint density at radius 1 is 0.864 bits per heavy atom. The summed E-state index contributed by atoms with van der Waals surface area (Å²) < 4.78 is 0. The summed E-state index contributed by atoms with van der Waals surface area (Å²) >= 11 is 0. The highest BCUT2D eigenvalue weighted by Crippen LogP contribution is 2.12. The minimum Gasteiger partial charge on any atom is -0.481 e. The lowest BCUT2D eigenvalue weighted by atomic mass is 10.0. The molecule has 1 unspecified atom stereocenters. The second kappa shape index (κ2) is 16.5. The molecule has 0 aliphatic carbocycles. The van der Waals surface area contributed by atoms with Crippen LogP contribution < -0.4 is 0 Å². The van der Waals surface area contributed by atoms with Gasteiger partial charge in [-0.3, -0.25) is 4.79 Å². The van der Waals surface area contributed by atoms with E-state index in [2.05, 4.69) is 19.1 Å². The lowest BCUT2D eigenvalue weighted by Crippen LogP contribution is -2.17. The van der Waals surface area contributed by atoms with E-state index < -0.39 is 11.9 Å². The van der Waals surface area contributed by atoms with Crippen LogP contribution in [0.1, 0.15) is 90.4 Å². The van der Waals surface area contributed by atoms with E-state index in [9.17, 15) is 4.79 Å². The molecule has 22 heavy (non-hydrogen) atoms. The molecule has 0 bridgehead atoms. The largest absolute Gasteiger partial charge is 0.481 e. The van der Waals surface area contributed by atoms with Crippen LogP contribution in [0.25, 0.3) is 0 Å². The minimum atomic E-state index is -0.875. The number of hydrogen-bond donors (Lipinski definition) is 2. The van der Waals surface area contributed by atoms with Gasteiger partial charge in [0.1, 0.15) is 0 Å². The first-order chi connectivity index (χ1) is 10.7. The molecule has 0 saturated heterocycles. The number of carboxylic acid groups (broad SMARTS) is 1. The van der Waals surface area contributed by atoms with E-state index in [-0.39, 0.29) is 6.61 Å². The van der Waals surface area contributed by atoms with Crippen molar-refractivity contribution in [1.82, 2.24) is 0 Å². The summed E-state index contributed by atoms with van der Waals surface area (Å²) in [5.41, 5.74) is 0. The summed E-state index contributed by atoms with van der Waals surface area (Å²) in [6, 6.07) is 0. The Labute approximate surface area is 136 Å². The Kier molecular flexibility index (Phi) is 15.9. The van der Waals surface area contributed by atoms with Crippen molar-refractivity contribution < 1.29 is 15.0 Å². The number of unbranched alkanes of at least 4 members (excludes halogenated alkanes) is 10. The third-order valence-corrected chi connectivity index (χ3v) is 4.13. The van der Waals surface area contributed by atoms with Gasteiger partial charge in [-0.25, -0.2) is 0 Å². The highest BCUT2D eigenvalue weighted by molar-refractivity contribution is 5.69. The molecule has 0 radical (unpaired) electrons. The van der Waals surface area contributed by atoms with Gasteiger partial charge in [0.05, 0.1) is 12.5 Å². The Hall–Kier alpha value is -0.830. The maximum atomic E-state index is 10.7. The highest BCUT2D eigenvalue weighted by atomic mass is 16.4. The first kappa shape index (κ1) is 21.2. The van der Waals surface area contributed by atoms with Crippen molar-refractivity contribution in [2.75, 3.05) is 6.61 Å². The maximum absolute atomic E-state index is 10.7. The third-order valence-electron chi connectivity index (χ3n) is 4.13. The van der Waals surface area contributed by atoms with E-state index >= 15 is 0 Å². The van der Waals surface area contributed by atoms with Gasteiger partial charge in [-0.2, -0.15) is 0 Å². The Morgan fingerprint density at radius 3 is 1.86 bits per heavy atom. The van der Waals surface area contributed by atoms with Crippen LogP contribution in [0.15, 0.2) is 12.2 Å². The molecule has 0 aromatic rings. The van der Waals surface area contributed by atoms with Crippen LogP contribution in [0, 0.1) is 5.92 Å². The van der Waals surface area contributed by atoms with Crippen LogP contribution in [0.3, 0.4) is 0 Å². The summed E-state index contributed by atoms with van der Waals surface area (Å²) in [4.78, 5) is 10.7. The van der Waals surface area contributed by atoms with Gasteiger partial charge < -0.3 is 10.2 Å². The van der Waals surface area contributed by atoms with Gasteiger partial charge in [-0.1, -0.05) is 70.4 Å². The van der Waals surface area contributed by atoms with Crippen molar-refractivity contribution in [3.63, 3.8) is 0 Å². The normalized spacial score (nSPS) is 12.8. The van der Waals surface area contributed by atoms with E-state index in [4.69, 9.17) is 10.2 Å². The molecule has 3 heteroatoms. The second-order valence-corrected chi connectivity index (χ2v) is 6.24. The molecule has 0 amide bonds. The number of hydrogen-bond acceptors (Lipinski definition) is 2. The van der Waals surface area contributed by atoms with E-state index in [0.29, 0.717) is 6.42 Å². The van der Waals surface area contributed by atoms with Crippen molar-refractivity contribution in [2.45, 2.75) is 90.4 Å². The zero-order valence-electron chi connectivity index (χ0n) is 14.4. The zero-order valence-corrected chi connectivity index (χ0v) is 14.4. The molecule has 0 aromatic heterocycles. The average Bonchev–Trinajstić information content (AvgIpc) is 2.51. The van der Waals surface area contributed by atoms with Crippen molar-refractivity contribution in [1.29, 1.82) is 0 Å². The number of allylic oxidation sites excluding steroid dienone is 2. The quantitative estimate of drug-likeness (QED) is 0.299. The number of carbonyl (C=O) groups is 1. The molecule has 0 fully saturated rings. The predicted molar refractivity (Wildman–Crippen MR) is 93.0 cm³/mol. The predicted octanol–water partition coefficient (Wildman–Crippen LogP) is 5.33. The van der Waals surface area contributed by atoms with Crippen molar-refractivity contribution >= 4 is 5.97 Å². The fourth-order valence-corrected chi connectivity index (χ4v) is 2.58. The second-order valence-electron chi connectivity index (χ2n) is 6.24. The van der Waals surface area contributed by atoms with E-state index in [1.807, 2.05) is 0 Å². The number of aliphatic hydroxyl groups excluding tert-OH is 1. The van der Waals surface area contributed by atoms with Gasteiger partial charge in [0, 0.05) is 0 Å². The average molecular weight is 312 g/mol. The monoisotopic (exact) mass is 312 g/mol. The lowest BCUT2D eigenvalue weighted by molar-refractivity contribution is -0.143. The highest BCUT2D eigenvalue weighted by Gasteiger charge is 2.14. The smallest absolute Gasteiger partial charge is 0.308 e. The van der Waals surface area contributed by atoms with Crippen molar-refractivity contribution in [3.05, 3.63) is 12.2 Å². The van der Waals surface area contributed by atoms with Crippen LogP contribution in [-0.2, 0) is 4.79 Å². The van der Waals surface area contributed by atoms with Gasteiger partial charge in [0.2, 0.25) is 0 Å². The standard InChI is InChI=1S/C19H36O3/c1-2-3-4-5-6-7-8-9-10-11-12-13-14-15-16-18(17-20)19(21)22/h9-10,18,20H,2-8,11-17H2,1H3,(H,21,22). The molecule has 0 spiro atoms. The van der Waals surface area contributed by atoms with E-state index in [1.54, 1.807) is 0 Å². The minimum absolute atomic E-state index is 0.240. The molecular formula is C19H36O3. The summed E-state index contributed by atoms with van der Waals surface area (Å²) in [6.07, 6.45) is 20.0. The number of aliphatic hydroxyl groups is 1. The first-order valence-electron chi connectivity index (χ1n) is 9.21. The van der Waals surface area contributed by atoms with Crippen LogP contribution >= 0.6 is 0 Å². The van der Waals surface area contributed by atoms with E-state index in [1.165, 1.54) is 51.4 Å². The number of carboxylic acids is 1. The van der Waals surface area contributed by atoms with Crippen molar-refractivity contribution in [2.24, 2.45) is 5.92 Å². The summed E-state index contributed by atoms with van der Waals surface area (Å²) in [5, 5.41) is 17.7. The molecule has 0 rings (SSSR count). The topological polar surface area (TPSA) is 57.5 Å². The molecule has 0 aliphatic heterocycles. The van der Waals surface area contributed by atoms with Crippen molar-refractivity contribution in [3.8, 4) is 0 Å². The Bertz CT molecular complexity index is 274. The fraction of sp³-hybridized carbons (Fsp3) is 0.842.